The second kappa shape index (κ2) is 7.08. The maximum atomic E-state index is 11.8. The van der Waals surface area contributed by atoms with Gasteiger partial charge in [0.2, 0.25) is 5.91 Å². The van der Waals surface area contributed by atoms with Crippen LogP contribution in [0, 0.1) is 5.92 Å². The van der Waals surface area contributed by atoms with Crippen LogP contribution in [0.15, 0.2) is 30.6 Å². The highest BCUT2D eigenvalue weighted by atomic mass is 35.5. The summed E-state index contributed by atoms with van der Waals surface area (Å²) in [6.45, 7) is 3.87. The maximum absolute atomic E-state index is 11.8. The van der Waals surface area contributed by atoms with Gasteiger partial charge in [-0.2, -0.15) is 5.10 Å². The Morgan fingerprint density at radius 2 is 2.04 bits per heavy atom. The first-order chi connectivity index (χ1) is 12.2. The first-order valence-corrected chi connectivity index (χ1v) is 9.40. The van der Waals surface area contributed by atoms with Crippen molar-refractivity contribution in [3.63, 3.8) is 0 Å². The number of halogens is 1. The highest BCUT2D eigenvalue weighted by Crippen LogP contribution is 2.33. The molecule has 0 unspecified atom stereocenters. The molecule has 25 heavy (non-hydrogen) atoms. The molecule has 2 saturated heterocycles. The molecule has 0 spiro atoms. The number of likely N-dealkylation sites (tertiary alicyclic amines) is 1. The number of aromatic amines is 1. The summed E-state index contributed by atoms with van der Waals surface area (Å²) in [6.07, 6.45) is 7.66. The minimum Gasteiger partial charge on any atom is -0.370 e. The lowest BCUT2D eigenvalue weighted by molar-refractivity contribution is -0.128. The molecule has 1 aromatic carbocycles. The van der Waals surface area contributed by atoms with Crippen LogP contribution in [0.25, 0.3) is 11.1 Å². The fourth-order valence-electron chi connectivity index (χ4n) is 3.92. The normalized spacial score (nSPS) is 19.0. The van der Waals surface area contributed by atoms with Crippen molar-refractivity contribution in [2.75, 3.05) is 31.1 Å². The van der Waals surface area contributed by atoms with Crippen LogP contribution >= 0.6 is 11.6 Å². The van der Waals surface area contributed by atoms with E-state index in [1.807, 2.05) is 17.2 Å². The molecule has 0 bridgehead atoms. The molecule has 4 rings (SSSR count). The Morgan fingerprint density at radius 3 is 2.68 bits per heavy atom. The molecule has 5 nitrogen and oxygen atoms in total. The highest BCUT2D eigenvalue weighted by molar-refractivity contribution is 6.33. The fourth-order valence-corrected chi connectivity index (χ4v) is 4.22. The van der Waals surface area contributed by atoms with Gasteiger partial charge in [0.1, 0.15) is 0 Å². The lowest BCUT2D eigenvalue weighted by atomic mass is 9.95. The van der Waals surface area contributed by atoms with Gasteiger partial charge in [0, 0.05) is 44.4 Å². The van der Waals surface area contributed by atoms with Gasteiger partial charge in [0.15, 0.2) is 0 Å². The number of amides is 1. The summed E-state index contributed by atoms with van der Waals surface area (Å²) in [5, 5.41) is 7.61. The van der Waals surface area contributed by atoms with Gasteiger partial charge in [-0.25, -0.2) is 0 Å². The molecule has 0 aliphatic carbocycles. The number of rotatable bonds is 4. The Hall–Kier alpha value is -2.01. The number of anilines is 1. The maximum Gasteiger partial charge on any atom is 0.222 e. The average molecular weight is 359 g/mol. The zero-order chi connectivity index (χ0) is 17.2. The average Bonchev–Trinajstić information content (AvgIpc) is 3.28. The Labute approximate surface area is 153 Å². The molecule has 3 heterocycles. The van der Waals surface area contributed by atoms with Crippen LogP contribution in [0.5, 0.6) is 0 Å². The molecular formula is C19H23ClN4O. The van der Waals surface area contributed by atoms with Crippen molar-refractivity contribution in [3.8, 4) is 11.1 Å². The van der Waals surface area contributed by atoms with E-state index in [-0.39, 0.29) is 0 Å². The molecule has 0 atom stereocenters. The van der Waals surface area contributed by atoms with Gasteiger partial charge in [-0.1, -0.05) is 17.7 Å². The topological polar surface area (TPSA) is 52.2 Å². The Morgan fingerprint density at radius 1 is 1.20 bits per heavy atom. The van der Waals surface area contributed by atoms with E-state index < -0.39 is 0 Å². The largest absolute Gasteiger partial charge is 0.370 e. The molecule has 2 aliphatic heterocycles. The molecule has 0 saturated carbocycles. The van der Waals surface area contributed by atoms with Crippen LogP contribution in [0.2, 0.25) is 5.02 Å². The summed E-state index contributed by atoms with van der Waals surface area (Å²) in [4.78, 5) is 16.2. The van der Waals surface area contributed by atoms with Crippen molar-refractivity contribution in [1.82, 2.24) is 15.1 Å². The van der Waals surface area contributed by atoms with Crippen molar-refractivity contribution in [3.05, 3.63) is 35.6 Å². The molecule has 1 aromatic heterocycles. The van der Waals surface area contributed by atoms with Crippen molar-refractivity contribution in [1.29, 1.82) is 0 Å². The molecule has 132 valence electrons. The summed E-state index contributed by atoms with van der Waals surface area (Å²) in [5.74, 6) is 0.947. The lowest BCUT2D eigenvalue weighted by Crippen LogP contribution is -2.39. The van der Waals surface area contributed by atoms with Gasteiger partial charge in [-0.15, -0.1) is 0 Å². The molecule has 1 amide bonds. The number of nitrogens with one attached hydrogen (secondary N) is 1. The van der Waals surface area contributed by atoms with Gasteiger partial charge in [-0.3, -0.25) is 9.89 Å². The van der Waals surface area contributed by atoms with Crippen molar-refractivity contribution >= 4 is 23.2 Å². The number of benzene rings is 1. The third-order valence-corrected chi connectivity index (χ3v) is 5.69. The first-order valence-electron chi connectivity index (χ1n) is 9.02. The van der Waals surface area contributed by atoms with Crippen LogP contribution in [0.3, 0.4) is 0 Å². The van der Waals surface area contributed by atoms with E-state index in [9.17, 15) is 4.79 Å². The summed E-state index contributed by atoms with van der Waals surface area (Å²) in [6, 6.07) is 6.22. The minimum absolute atomic E-state index is 0.334. The Kier molecular flexibility index (Phi) is 4.66. The number of nitrogens with zero attached hydrogens (tertiary/aromatic N) is 3. The van der Waals surface area contributed by atoms with Crippen molar-refractivity contribution in [2.45, 2.75) is 25.7 Å². The number of carbonyl (C=O) groups is 1. The van der Waals surface area contributed by atoms with Crippen molar-refractivity contribution < 1.29 is 4.79 Å². The van der Waals surface area contributed by atoms with Gasteiger partial charge in [0.05, 0.1) is 16.9 Å². The third kappa shape index (κ3) is 3.52. The molecule has 6 heteroatoms. The molecule has 0 radical (unpaired) electrons. The zero-order valence-electron chi connectivity index (χ0n) is 14.2. The van der Waals surface area contributed by atoms with Gasteiger partial charge < -0.3 is 9.80 Å². The standard InChI is InChI=1S/C19H23ClN4O/c20-17-10-15(16-11-21-22-12-16)3-4-18(17)23-8-5-14(6-9-23)13-24-7-1-2-19(24)25/h3-4,10-12,14H,1-2,5-9,13H2,(H,21,22). The summed E-state index contributed by atoms with van der Waals surface area (Å²) >= 11 is 6.55. The van der Waals surface area contributed by atoms with E-state index in [1.165, 1.54) is 0 Å². The van der Waals surface area contributed by atoms with Crippen LogP contribution in [-0.2, 0) is 4.79 Å². The monoisotopic (exact) mass is 358 g/mol. The summed E-state index contributed by atoms with van der Waals surface area (Å²) in [5.41, 5.74) is 3.22. The van der Waals surface area contributed by atoms with Crippen molar-refractivity contribution in [2.24, 2.45) is 5.92 Å². The Bertz CT molecular complexity index is 738. The quantitative estimate of drug-likeness (QED) is 0.909. The van der Waals surface area contributed by atoms with E-state index in [4.69, 9.17) is 11.6 Å². The number of aromatic nitrogens is 2. The van der Waals surface area contributed by atoms with Gasteiger partial charge in [-0.05, 0) is 42.9 Å². The third-order valence-electron chi connectivity index (χ3n) is 5.38. The highest BCUT2D eigenvalue weighted by Gasteiger charge is 2.26. The smallest absolute Gasteiger partial charge is 0.222 e. The summed E-state index contributed by atoms with van der Waals surface area (Å²) < 4.78 is 0. The molecule has 1 N–H and O–H groups in total. The van der Waals surface area contributed by atoms with E-state index in [2.05, 4.69) is 27.2 Å². The molecular weight excluding hydrogens is 336 g/mol. The van der Waals surface area contributed by atoms with Crippen LogP contribution in [-0.4, -0.2) is 47.2 Å². The predicted octanol–water partition coefficient (Wildman–Crippen LogP) is 3.57. The lowest BCUT2D eigenvalue weighted by Gasteiger charge is -2.35. The van der Waals surface area contributed by atoms with E-state index >= 15 is 0 Å². The molecule has 2 fully saturated rings. The first kappa shape index (κ1) is 16.5. The number of piperidine rings is 1. The van der Waals surface area contributed by atoms with Crippen LogP contribution < -0.4 is 4.90 Å². The van der Waals surface area contributed by atoms with Crippen LogP contribution in [0.1, 0.15) is 25.7 Å². The van der Waals surface area contributed by atoms with Gasteiger partial charge >= 0.3 is 0 Å². The summed E-state index contributed by atoms with van der Waals surface area (Å²) in [7, 11) is 0. The van der Waals surface area contributed by atoms with Crippen LogP contribution in [0.4, 0.5) is 5.69 Å². The zero-order valence-corrected chi connectivity index (χ0v) is 15.0. The van der Waals surface area contributed by atoms with E-state index in [0.717, 1.165) is 73.7 Å². The number of hydrogen-bond acceptors (Lipinski definition) is 3. The molecule has 2 aromatic rings. The van der Waals surface area contributed by atoms with Gasteiger partial charge in [0.25, 0.3) is 0 Å². The minimum atomic E-state index is 0.334. The SMILES string of the molecule is O=C1CCCN1CC1CCN(c2ccc(-c3cn[nH]c3)cc2Cl)CC1. The predicted molar refractivity (Wildman–Crippen MR) is 99.8 cm³/mol. The molecule has 2 aliphatic rings. The number of carbonyl (C=O) groups excluding carboxylic acids is 1. The number of H-pyrrole nitrogens is 1. The number of hydrogen-bond donors (Lipinski definition) is 1. The fraction of sp³-hybridized carbons (Fsp3) is 0.474. The van der Waals surface area contributed by atoms with E-state index in [0.29, 0.717) is 11.8 Å². The second-order valence-corrected chi connectivity index (χ2v) is 7.43. The van der Waals surface area contributed by atoms with E-state index in [1.54, 1.807) is 6.20 Å². The second-order valence-electron chi connectivity index (χ2n) is 7.03. The Balaban J connectivity index is 1.38.